The van der Waals surface area contributed by atoms with Crippen molar-refractivity contribution in [2.45, 2.75) is 50.7 Å². The largest absolute Gasteiger partial charge is 0.381 e. The Morgan fingerprint density at radius 3 is 2.73 bits per heavy atom. The summed E-state index contributed by atoms with van der Waals surface area (Å²) in [5.41, 5.74) is 5.39. The first-order valence-electron chi connectivity index (χ1n) is 9.62. The second-order valence-corrected chi connectivity index (χ2v) is 8.76. The molecule has 26 heavy (non-hydrogen) atoms. The van der Waals surface area contributed by atoms with E-state index in [1.165, 1.54) is 0 Å². The van der Waals surface area contributed by atoms with Crippen LogP contribution in [-0.2, 0) is 9.53 Å². The van der Waals surface area contributed by atoms with Crippen molar-refractivity contribution in [2.24, 2.45) is 16.6 Å². The second kappa shape index (κ2) is 12.3. The number of carbonyl (C=O) groups excluding carboxylic acids is 1. The third-order valence-corrected chi connectivity index (χ3v) is 6.45. The molecule has 0 bridgehead atoms. The maximum Gasteiger partial charge on any atom is 0.217 e. The van der Waals surface area contributed by atoms with Gasteiger partial charge in [-0.05, 0) is 44.3 Å². The monoisotopic (exact) mass is 498 g/mol. The van der Waals surface area contributed by atoms with Crippen molar-refractivity contribution in [2.75, 3.05) is 45.1 Å². The number of primary amides is 1. The van der Waals surface area contributed by atoms with E-state index in [0.29, 0.717) is 12.3 Å². The van der Waals surface area contributed by atoms with E-state index in [1.807, 2.05) is 11.8 Å². The van der Waals surface area contributed by atoms with E-state index < -0.39 is 0 Å². The standard InChI is InChI=1S/C18H34N4O2S.HI/c1-3-20-17(22-9-5-6-15(13-22)12-16(19)23)21-14-18(25-4-2)7-10-24-11-8-18;/h15H,3-14H2,1-2H3,(H2,19,23)(H,20,21);1H. The molecule has 0 spiro atoms. The van der Waals surface area contributed by atoms with Gasteiger partial charge in [-0.3, -0.25) is 9.79 Å². The van der Waals surface area contributed by atoms with Gasteiger partial charge in [0.2, 0.25) is 5.91 Å². The molecule has 152 valence electrons. The van der Waals surface area contributed by atoms with Crippen LogP contribution in [0.5, 0.6) is 0 Å². The van der Waals surface area contributed by atoms with Gasteiger partial charge in [-0.2, -0.15) is 11.8 Å². The van der Waals surface area contributed by atoms with E-state index in [0.717, 1.165) is 76.8 Å². The van der Waals surface area contributed by atoms with E-state index >= 15 is 0 Å². The van der Waals surface area contributed by atoms with Crippen LogP contribution in [-0.4, -0.2) is 66.7 Å². The molecule has 0 aromatic rings. The van der Waals surface area contributed by atoms with Crippen molar-refractivity contribution < 1.29 is 9.53 Å². The number of nitrogens with one attached hydrogen (secondary N) is 1. The van der Waals surface area contributed by atoms with Gasteiger partial charge in [0, 0.05) is 44.0 Å². The van der Waals surface area contributed by atoms with Crippen molar-refractivity contribution in [3.8, 4) is 0 Å². The van der Waals surface area contributed by atoms with Gasteiger partial charge in [0.1, 0.15) is 0 Å². The number of guanidine groups is 1. The zero-order valence-corrected chi connectivity index (χ0v) is 19.3. The van der Waals surface area contributed by atoms with Crippen LogP contribution in [0.3, 0.4) is 0 Å². The normalized spacial score (nSPS) is 23.2. The van der Waals surface area contributed by atoms with E-state index in [-0.39, 0.29) is 34.6 Å². The van der Waals surface area contributed by atoms with Crippen LogP contribution in [0.25, 0.3) is 0 Å². The quantitative estimate of drug-likeness (QED) is 0.320. The number of likely N-dealkylation sites (tertiary alicyclic amines) is 1. The number of piperidine rings is 1. The summed E-state index contributed by atoms with van der Waals surface area (Å²) < 4.78 is 5.77. The number of aliphatic imine (C=N–C) groups is 1. The minimum Gasteiger partial charge on any atom is -0.381 e. The first kappa shape index (κ1) is 23.8. The molecule has 0 aliphatic carbocycles. The molecule has 2 rings (SSSR count). The van der Waals surface area contributed by atoms with Gasteiger partial charge in [0.15, 0.2) is 5.96 Å². The predicted molar refractivity (Wildman–Crippen MR) is 120 cm³/mol. The fourth-order valence-electron chi connectivity index (χ4n) is 3.75. The molecule has 0 saturated carbocycles. The molecule has 2 saturated heterocycles. The zero-order chi connectivity index (χ0) is 18.1. The third-order valence-electron chi connectivity index (χ3n) is 5.01. The minimum atomic E-state index is -0.200. The molecule has 1 amide bonds. The van der Waals surface area contributed by atoms with Gasteiger partial charge in [0.25, 0.3) is 0 Å². The maximum atomic E-state index is 11.3. The molecule has 2 aliphatic rings. The van der Waals surface area contributed by atoms with Crippen LogP contribution in [0.4, 0.5) is 0 Å². The second-order valence-electron chi connectivity index (χ2n) is 7.02. The average Bonchev–Trinajstić information content (AvgIpc) is 2.59. The highest BCUT2D eigenvalue weighted by atomic mass is 127. The van der Waals surface area contributed by atoms with Crippen LogP contribution in [0.2, 0.25) is 0 Å². The smallest absolute Gasteiger partial charge is 0.217 e. The van der Waals surface area contributed by atoms with Crippen molar-refractivity contribution >= 4 is 47.6 Å². The number of thioether (sulfide) groups is 1. The molecule has 6 nitrogen and oxygen atoms in total. The van der Waals surface area contributed by atoms with Gasteiger partial charge in [-0.1, -0.05) is 6.92 Å². The topological polar surface area (TPSA) is 80.0 Å². The zero-order valence-electron chi connectivity index (χ0n) is 16.2. The van der Waals surface area contributed by atoms with E-state index in [4.69, 9.17) is 15.5 Å². The molecule has 8 heteroatoms. The number of hydrogen-bond donors (Lipinski definition) is 2. The van der Waals surface area contributed by atoms with Crippen LogP contribution in [0, 0.1) is 5.92 Å². The fourth-order valence-corrected chi connectivity index (χ4v) is 4.97. The summed E-state index contributed by atoms with van der Waals surface area (Å²) >= 11 is 2.02. The van der Waals surface area contributed by atoms with Crippen molar-refractivity contribution in [3.63, 3.8) is 0 Å². The molecule has 0 aromatic heterocycles. The van der Waals surface area contributed by atoms with Gasteiger partial charge >= 0.3 is 0 Å². The number of ether oxygens (including phenoxy) is 1. The fraction of sp³-hybridized carbons (Fsp3) is 0.889. The Labute approximate surface area is 179 Å². The molecule has 1 atom stereocenters. The number of carbonyl (C=O) groups is 1. The van der Waals surface area contributed by atoms with Crippen molar-refractivity contribution in [3.05, 3.63) is 0 Å². The molecule has 0 radical (unpaired) electrons. The number of nitrogens with zero attached hydrogens (tertiary/aromatic N) is 2. The predicted octanol–water partition coefficient (Wildman–Crippen LogP) is 2.46. The van der Waals surface area contributed by atoms with Crippen LogP contribution in [0.15, 0.2) is 4.99 Å². The van der Waals surface area contributed by atoms with Crippen LogP contribution in [0.1, 0.15) is 46.0 Å². The highest BCUT2D eigenvalue weighted by molar-refractivity contribution is 14.0. The SMILES string of the molecule is CCNC(=NCC1(SCC)CCOCC1)N1CCCC(CC(N)=O)C1.I. The Kier molecular flexibility index (Phi) is 11.2. The number of hydrogen-bond acceptors (Lipinski definition) is 4. The van der Waals surface area contributed by atoms with Crippen molar-refractivity contribution in [1.82, 2.24) is 10.2 Å². The van der Waals surface area contributed by atoms with Gasteiger partial charge in [-0.25, -0.2) is 0 Å². The average molecular weight is 498 g/mol. The summed E-state index contributed by atoms with van der Waals surface area (Å²) in [5, 5.41) is 3.44. The Morgan fingerprint density at radius 1 is 1.38 bits per heavy atom. The summed E-state index contributed by atoms with van der Waals surface area (Å²) in [5.74, 6) is 2.24. The van der Waals surface area contributed by atoms with E-state index in [9.17, 15) is 4.79 Å². The molecule has 2 heterocycles. The third kappa shape index (κ3) is 7.42. The number of rotatable bonds is 7. The van der Waals surface area contributed by atoms with Gasteiger partial charge in [0.05, 0.1) is 6.54 Å². The molecule has 2 fully saturated rings. The first-order valence-corrected chi connectivity index (χ1v) is 10.6. The lowest BCUT2D eigenvalue weighted by Crippen LogP contribution is -2.48. The molecular formula is C18H35IN4O2S. The number of amides is 1. The highest BCUT2D eigenvalue weighted by Gasteiger charge is 2.33. The van der Waals surface area contributed by atoms with Crippen LogP contribution >= 0.6 is 35.7 Å². The molecule has 1 unspecified atom stereocenters. The Hall–Kier alpha value is -0.220. The molecular weight excluding hydrogens is 463 g/mol. The van der Waals surface area contributed by atoms with E-state index in [1.54, 1.807) is 0 Å². The highest BCUT2D eigenvalue weighted by Crippen LogP contribution is 2.35. The Morgan fingerprint density at radius 2 is 2.12 bits per heavy atom. The molecule has 3 N–H and O–H groups in total. The van der Waals surface area contributed by atoms with Gasteiger partial charge < -0.3 is 20.7 Å². The summed E-state index contributed by atoms with van der Waals surface area (Å²) in [6.45, 7) is 9.54. The lowest BCUT2D eigenvalue weighted by Gasteiger charge is -2.37. The summed E-state index contributed by atoms with van der Waals surface area (Å²) in [6, 6.07) is 0. The van der Waals surface area contributed by atoms with Crippen LogP contribution < -0.4 is 11.1 Å². The number of nitrogens with two attached hydrogens (primary N) is 1. The minimum absolute atomic E-state index is 0. The summed E-state index contributed by atoms with van der Waals surface area (Å²) in [4.78, 5) is 18.6. The summed E-state index contributed by atoms with van der Waals surface area (Å²) in [7, 11) is 0. The van der Waals surface area contributed by atoms with Crippen molar-refractivity contribution in [1.29, 1.82) is 0 Å². The number of halogens is 1. The summed E-state index contributed by atoms with van der Waals surface area (Å²) in [6.07, 6.45) is 4.77. The molecule has 2 aliphatic heterocycles. The van der Waals surface area contributed by atoms with E-state index in [2.05, 4.69) is 24.1 Å². The Bertz CT molecular complexity index is 453. The molecule has 0 aromatic carbocycles. The lowest BCUT2D eigenvalue weighted by molar-refractivity contribution is -0.119. The first-order chi connectivity index (χ1) is 12.1. The lowest BCUT2D eigenvalue weighted by atomic mass is 9.95. The Balaban J connectivity index is 0.00000338. The maximum absolute atomic E-state index is 11.3. The van der Waals surface area contributed by atoms with Gasteiger partial charge in [-0.15, -0.1) is 24.0 Å².